The third kappa shape index (κ3) is 3.71. The molecular formula is C23H27NO4S. The Kier molecular flexibility index (Phi) is 5.25. The number of hydrogen-bond acceptors (Lipinski definition) is 4. The van der Waals surface area contributed by atoms with Crippen molar-refractivity contribution in [3.63, 3.8) is 0 Å². The summed E-state index contributed by atoms with van der Waals surface area (Å²) >= 11 is 0. The van der Waals surface area contributed by atoms with Crippen molar-refractivity contribution in [2.45, 2.75) is 48.6 Å². The van der Waals surface area contributed by atoms with E-state index in [1.807, 2.05) is 35.2 Å². The first kappa shape index (κ1) is 20.1. The molecule has 0 aromatic heterocycles. The summed E-state index contributed by atoms with van der Waals surface area (Å²) in [5, 5.41) is 11.6. The van der Waals surface area contributed by atoms with E-state index in [0.717, 1.165) is 37.5 Å². The van der Waals surface area contributed by atoms with Gasteiger partial charge in [-0.3, -0.25) is 4.79 Å². The third-order valence-electron chi connectivity index (χ3n) is 6.54. The molecule has 1 saturated heterocycles. The second kappa shape index (κ2) is 7.58. The molecule has 1 amide bonds. The number of fused-ring (bicyclic) bond motifs is 1. The summed E-state index contributed by atoms with van der Waals surface area (Å²) in [5.74, 6) is -0.0799. The Morgan fingerprint density at radius 2 is 1.69 bits per heavy atom. The monoisotopic (exact) mass is 413 g/mol. The van der Waals surface area contributed by atoms with E-state index in [2.05, 4.69) is 0 Å². The van der Waals surface area contributed by atoms with E-state index in [9.17, 15) is 18.3 Å². The van der Waals surface area contributed by atoms with Crippen molar-refractivity contribution in [2.75, 3.05) is 12.8 Å². The smallest absolute Gasteiger partial charge is 0.254 e. The number of carbonyl (C=O) groups is 1. The minimum Gasteiger partial charge on any atom is -0.385 e. The molecule has 0 radical (unpaired) electrons. The van der Waals surface area contributed by atoms with Gasteiger partial charge in [0, 0.05) is 30.3 Å². The molecule has 2 aromatic rings. The zero-order valence-corrected chi connectivity index (χ0v) is 17.4. The first-order chi connectivity index (χ1) is 13.8. The molecule has 5 nitrogen and oxygen atoms in total. The second-order valence-electron chi connectivity index (χ2n) is 8.29. The average Bonchev–Trinajstić information content (AvgIpc) is 2.74. The highest BCUT2D eigenvalue weighted by atomic mass is 32.2. The van der Waals surface area contributed by atoms with Gasteiger partial charge in [0.25, 0.3) is 5.91 Å². The van der Waals surface area contributed by atoms with E-state index in [4.69, 9.17) is 0 Å². The molecule has 1 heterocycles. The van der Waals surface area contributed by atoms with Crippen LogP contribution in [0.1, 0.15) is 48.0 Å². The van der Waals surface area contributed by atoms with Crippen molar-refractivity contribution < 1.29 is 18.3 Å². The quantitative estimate of drug-likeness (QED) is 0.837. The molecule has 29 heavy (non-hydrogen) atoms. The van der Waals surface area contributed by atoms with Crippen LogP contribution in [0.3, 0.4) is 0 Å². The molecule has 1 aliphatic carbocycles. The van der Waals surface area contributed by atoms with Gasteiger partial charge in [0.1, 0.15) is 0 Å². The molecule has 0 bridgehead atoms. The maximum absolute atomic E-state index is 13.3. The van der Waals surface area contributed by atoms with Gasteiger partial charge in [-0.05, 0) is 49.1 Å². The van der Waals surface area contributed by atoms with Crippen LogP contribution < -0.4 is 0 Å². The summed E-state index contributed by atoms with van der Waals surface area (Å²) in [5.41, 5.74) is 0.511. The fraction of sp³-hybridized carbons (Fsp3) is 0.435. The van der Waals surface area contributed by atoms with Crippen LogP contribution in [0.2, 0.25) is 0 Å². The van der Waals surface area contributed by atoms with Crippen molar-refractivity contribution in [3.05, 3.63) is 65.7 Å². The number of rotatable bonds is 3. The SMILES string of the molecule is CS(=O)(=O)c1ccc(C(=O)N2CCC(O)(c3ccccc3)[C@@H]3CCCC[C@H]32)cc1. The molecule has 154 valence electrons. The number of likely N-dealkylation sites (tertiary alicyclic amines) is 1. The summed E-state index contributed by atoms with van der Waals surface area (Å²) in [6, 6.07) is 16.0. The molecular weight excluding hydrogens is 386 g/mol. The van der Waals surface area contributed by atoms with Crippen molar-refractivity contribution >= 4 is 15.7 Å². The van der Waals surface area contributed by atoms with Gasteiger partial charge in [-0.2, -0.15) is 0 Å². The van der Waals surface area contributed by atoms with Crippen LogP contribution >= 0.6 is 0 Å². The maximum Gasteiger partial charge on any atom is 0.254 e. The lowest BCUT2D eigenvalue weighted by atomic mass is 9.66. The molecule has 1 N–H and O–H groups in total. The van der Waals surface area contributed by atoms with E-state index < -0.39 is 15.4 Å². The highest BCUT2D eigenvalue weighted by Crippen LogP contribution is 2.47. The first-order valence-electron chi connectivity index (χ1n) is 10.2. The first-order valence-corrected chi connectivity index (χ1v) is 12.1. The minimum absolute atomic E-state index is 0.00615. The van der Waals surface area contributed by atoms with Crippen LogP contribution in [0.5, 0.6) is 0 Å². The lowest BCUT2D eigenvalue weighted by Gasteiger charge is -2.52. The lowest BCUT2D eigenvalue weighted by Crippen LogP contribution is -2.58. The number of amides is 1. The molecule has 4 rings (SSSR count). The number of carbonyl (C=O) groups excluding carboxylic acids is 1. The molecule has 2 aliphatic rings. The van der Waals surface area contributed by atoms with E-state index in [1.165, 1.54) is 12.1 Å². The van der Waals surface area contributed by atoms with Crippen molar-refractivity contribution in [3.8, 4) is 0 Å². The molecule has 0 spiro atoms. The Morgan fingerprint density at radius 1 is 1.03 bits per heavy atom. The molecule has 1 saturated carbocycles. The maximum atomic E-state index is 13.3. The van der Waals surface area contributed by atoms with Crippen molar-refractivity contribution in [1.82, 2.24) is 4.90 Å². The summed E-state index contributed by atoms with van der Waals surface area (Å²) < 4.78 is 23.4. The molecule has 3 atom stereocenters. The predicted molar refractivity (Wildman–Crippen MR) is 111 cm³/mol. The number of piperidine rings is 1. The molecule has 1 unspecified atom stereocenters. The minimum atomic E-state index is -3.29. The summed E-state index contributed by atoms with van der Waals surface area (Å²) in [6.07, 6.45) is 5.54. The Labute approximate surface area is 172 Å². The van der Waals surface area contributed by atoms with Crippen molar-refractivity contribution in [2.24, 2.45) is 5.92 Å². The number of nitrogens with zero attached hydrogens (tertiary/aromatic N) is 1. The van der Waals surface area contributed by atoms with Crippen LogP contribution in [-0.2, 0) is 15.4 Å². The zero-order chi connectivity index (χ0) is 20.6. The van der Waals surface area contributed by atoms with Crippen LogP contribution in [0.15, 0.2) is 59.5 Å². The standard InChI is InChI=1S/C23H27NO4S/c1-29(27,28)19-13-11-17(12-14-19)22(25)24-16-15-23(26,18-7-3-2-4-8-18)20-9-5-6-10-21(20)24/h2-4,7-8,11-14,20-21,26H,5-6,9-10,15-16H2,1H3/t20-,21-,23?/m1/s1. The fourth-order valence-electron chi connectivity index (χ4n) is 5.03. The van der Waals surface area contributed by atoms with Gasteiger partial charge < -0.3 is 10.0 Å². The molecule has 1 aliphatic heterocycles. The van der Waals surface area contributed by atoms with E-state index in [1.54, 1.807) is 12.1 Å². The summed E-state index contributed by atoms with van der Waals surface area (Å²) in [7, 11) is -3.29. The van der Waals surface area contributed by atoms with E-state index in [0.29, 0.717) is 18.5 Å². The van der Waals surface area contributed by atoms with Crippen LogP contribution in [0.25, 0.3) is 0 Å². The van der Waals surface area contributed by atoms with Crippen LogP contribution in [0.4, 0.5) is 0 Å². The highest BCUT2D eigenvalue weighted by Gasteiger charge is 2.50. The molecule has 6 heteroatoms. The van der Waals surface area contributed by atoms with E-state index >= 15 is 0 Å². The van der Waals surface area contributed by atoms with Crippen molar-refractivity contribution in [1.29, 1.82) is 0 Å². The van der Waals surface area contributed by atoms with Gasteiger partial charge in [-0.15, -0.1) is 0 Å². The highest BCUT2D eigenvalue weighted by molar-refractivity contribution is 7.90. The van der Waals surface area contributed by atoms with Gasteiger partial charge in [0.2, 0.25) is 0 Å². The number of benzene rings is 2. The van der Waals surface area contributed by atoms with Gasteiger partial charge in [0.05, 0.1) is 10.5 Å². The van der Waals surface area contributed by atoms with Gasteiger partial charge in [0.15, 0.2) is 9.84 Å². The third-order valence-corrected chi connectivity index (χ3v) is 7.67. The Hall–Kier alpha value is -2.18. The zero-order valence-electron chi connectivity index (χ0n) is 16.6. The van der Waals surface area contributed by atoms with E-state index in [-0.39, 0.29) is 22.8 Å². The Bertz CT molecular complexity index is 987. The van der Waals surface area contributed by atoms with Crippen LogP contribution in [0, 0.1) is 5.92 Å². The van der Waals surface area contributed by atoms with Gasteiger partial charge >= 0.3 is 0 Å². The second-order valence-corrected chi connectivity index (χ2v) is 10.3. The average molecular weight is 414 g/mol. The Morgan fingerprint density at radius 3 is 2.34 bits per heavy atom. The fourth-order valence-corrected chi connectivity index (χ4v) is 5.66. The van der Waals surface area contributed by atoms with Gasteiger partial charge in [-0.25, -0.2) is 8.42 Å². The summed E-state index contributed by atoms with van der Waals surface area (Å²) in [4.78, 5) is 15.4. The predicted octanol–water partition coefficient (Wildman–Crippen LogP) is 3.38. The Balaban J connectivity index is 1.62. The normalized spacial score (nSPS) is 27.3. The number of hydrogen-bond donors (Lipinski definition) is 1. The molecule has 2 fully saturated rings. The molecule has 2 aromatic carbocycles. The topological polar surface area (TPSA) is 74.7 Å². The largest absolute Gasteiger partial charge is 0.385 e. The van der Waals surface area contributed by atoms with Crippen LogP contribution in [-0.4, -0.2) is 43.2 Å². The summed E-state index contributed by atoms with van der Waals surface area (Å²) in [6.45, 7) is 0.485. The number of aliphatic hydroxyl groups is 1. The number of sulfone groups is 1. The lowest BCUT2D eigenvalue weighted by molar-refractivity contribution is -0.110. The van der Waals surface area contributed by atoms with Gasteiger partial charge in [-0.1, -0.05) is 43.2 Å².